The molecule has 1 heterocycles. The number of carbonyl (C=O) groups is 1. The average Bonchev–Trinajstić information content (AvgIpc) is 2.47. The fraction of sp³-hybridized carbons (Fsp3) is 0.200. The molecule has 0 saturated heterocycles. The number of carboxylic acids is 1. The number of anilines is 1. The fourth-order valence-electron chi connectivity index (χ4n) is 1.90. The molecule has 2 rings (SSSR count). The third kappa shape index (κ3) is 4.47. The quantitative estimate of drug-likeness (QED) is 0.761. The monoisotopic (exact) mass is 366 g/mol. The molecule has 0 aliphatic carbocycles. The first kappa shape index (κ1) is 15.9. The van der Waals surface area contributed by atoms with E-state index in [1.54, 1.807) is 6.20 Å². The van der Waals surface area contributed by atoms with E-state index in [2.05, 4.69) is 20.9 Å². The van der Waals surface area contributed by atoms with Gasteiger partial charge in [-0.1, -0.05) is 22.0 Å². The largest absolute Gasteiger partial charge is 0.481 e. The molecule has 0 amide bonds. The maximum atomic E-state index is 10.7. The first-order valence-corrected chi connectivity index (χ1v) is 8.21. The van der Waals surface area contributed by atoms with E-state index in [0.717, 1.165) is 15.7 Å². The van der Waals surface area contributed by atoms with Gasteiger partial charge in [0, 0.05) is 22.1 Å². The third-order valence-electron chi connectivity index (χ3n) is 2.89. The number of rotatable bonds is 6. The van der Waals surface area contributed by atoms with E-state index in [1.807, 2.05) is 36.4 Å². The van der Waals surface area contributed by atoms with Gasteiger partial charge in [0.1, 0.15) is 0 Å². The highest BCUT2D eigenvalue weighted by atomic mass is 79.9. The minimum Gasteiger partial charge on any atom is -0.481 e. The predicted molar refractivity (Wildman–Crippen MR) is 89.3 cm³/mol. The van der Waals surface area contributed by atoms with E-state index in [4.69, 9.17) is 10.8 Å². The summed E-state index contributed by atoms with van der Waals surface area (Å²) in [7, 11) is 0. The van der Waals surface area contributed by atoms with Crippen molar-refractivity contribution >= 4 is 39.3 Å². The summed E-state index contributed by atoms with van der Waals surface area (Å²) in [6, 6.07) is 11.4. The van der Waals surface area contributed by atoms with Crippen LogP contribution in [0.4, 0.5) is 5.69 Å². The van der Waals surface area contributed by atoms with Crippen LogP contribution in [0.5, 0.6) is 0 Å². The summed E-state index contributed by atoms with van der Waals surface area (Å²) in [4.78, 5) is 15.1. The van der Waals surface area contributed by atoms with Gasteiger partial charge >= 0.3 is 5.97 Å². The van der Waals surface area contributed by atoms with E-state index >= 15 is 0 Å². The zero-order chi connectivity index (χ0) is 15.2. The van der Waals surface area contributed by atoms with Crippen LogP contribution in [0.1, 0.15) is 22.9 Å². The molecule has 0 bridgehead atoms. The summed E-state index contributed by atoms with van der Waals surface area (Å²) < 4.78 is 0.937. The number of nitrogen functional groups attached to an aromatic ring is 1. The molecule has 6 heteroatoms. The molecule has 3 N–H and O–H groups in total. The number of aliphatic carboxylic acids is 1. The Kier molecular flexibility index (Phi) is 5.64. The average molecular weight is 367 g/mol. The van der Waals surface area contributed by atoms with Crippen molar-refractivity contribution in [3.8, 4) is 0 Å². The maximum absolute atomic E-state index is 10.7. The molecule has 110 valence electrons. The lowest BCUT2D eigenvalue weighted by Crippen LogP contribution is -2.06. The summed E-state index contributed by atoms with van der Waals surface area (Å²) in [6.45, 7) is 0. The highest BCUT2D eigenvalue weighted by Gasteiger charge is 2.19. The Balaban J connectivity index is 2.31. The Morgan fingerprint density at radius 2 is 2.19 bits per heavy atom. The zero-order valence-corrected chi connectivity index (χ0v) is 13.6. The predicted octanol–water partition coefficient (Wildman–Crippen LogP) is 3.72. The van der Waals surface area contributed by atoms with Gasteiger partial charge in [0.25, 0.3) is 0 Å². The van der Waals surface area contributed by atoms with Crippen LogP contribution in [-0.2, 0) is 4.79 Å². The van der Waals surface area contributed by atoms with Gasteiger partial charge in [-0.25, -0.2) is 0 Å². The van der Waals surface area contributed by atoms with Crippen LogP contribution < -0.4 is 5.73 Å². The van der Waals surface area contributed by atoms with E-state index < -0.39 is 5.97 Å². The lowest BCUT2D eigenvalue weighted by Gasteiger charge is -2.18. The van der Waals surface area contributed by atoms with Crippen LogP contribution in [0, 0.1) is 0 Å². The van der Waals surface area contributed by atoms with Crippen LogP contribution in [0.3, 0.4) is 0 Å². The number of thioether (sulfide) groups is 1. The minimum absolute atomic E-state index is 0.0805. The summed E-state index contributed by atoms with van der Waals surface area (Å²) >= 11 is 4.98. The van der Waals surface area contributed by atoms with Gasteiger partial charge in [-0.05, 0) is 35.9 Å². The van der Waals surface area contributed by atoms with E-state index in [9.17, 15) is 4.79 Å². The Hall–Kier alpha value is -1.53. The van der Waals surface area contributed by atoms with Crippen molar-refractivity contribution < 1.29 is 9.90 Å². The van der Waals surface area contributed by atoms with Gasteiger partial charge in [0.05, 0.1) is 17.4 Å². The van der Waals surface area contributed by atoms with Crippen molar-refractivity contribution in [3.63, 3.8) is 0 Å². The smallest absolute Gasteiger partial charge is 0.304 e. The zero-order valence-electron chi connectivity index (χ0n) is 11.2. The maximum Gasteiger partial charge on any atom is 0.304 e. The van der Waals surface area contributed by atoms with Crippen LogP contribution in [0.2, 0.25) is 0 Å². The molecule has 0 aliphatic rings. The van der Waals surface area contributed by atoms with Crippen molar-refractivity contribution in [1.82, 2.24) is 4.98 Å². The van der Waals surface area contributed by atoms with Crippen molar-refractivity contribution in [1.29, 1.82) is 0 Å². The molecule has 0 spiro atoms. The van der Waals surface area contributed by atoms with Crippen LogP contribution >= 0.6 is 27.7 Å². The number of halogens is 1. The first-order chi connectivity index (χ1) is 10.1. The molecule has 1 aromatic carbocycles. The highest BCUT2D eigenvalue weighted by Crippen LogP contribution is 2.38. The molecule has 4 nitrogen and oxygen atoms in total. The second kappa shape index (κ2) is 7.47. The standard InChI is InChI=1S/C15H15BrN2O2S/c16-10-4-5-12(17)11(9-10)15(21-8-6-14(19)20)13-3-1-2-7-18-13/h1-5,7,9,15H,6,8,17H2,(H,19,20). The lowest BCUT2D eigenvalue weighted by molar-refractivity contribution is -0.136. The van der Waals surface area contributed by atoms with Crippen LogP contribution in [0.25, 0.3) is 0 Å². The summed E-state index contributed by atoms with van der Waals surface area (Å²) in [5.41, 5.74) is 8.57. The molecule has 21 heavy (non-hydrogen) atoms. The van der Waals surface area contributed by atoms with E-state index in [1.165, 1.54) is 11.8 Å². The van der Waals surface area contributed by atoms with Gasteiger partial charge in [-0.3, -0.25) is 9.78 Å². The fourth-order valence-corrected chi connectivity index (χ4v) is 3.50. The minimum atomic E-state index is -0.801. The molecular weight excluding hydrogens is 352 g/mol. The van der Waals surface area contributed by atoms with Crippen LogP contribution in [0.15, 0.2) is 47.1 Å². The van der Waals surface area contributed by atoms with Gasteiger partial charge in [0.2, 0.25) is 0 Å². The molecule has 1 atom stereocenters. The Morgan fingerprint density at radius 1 is 1.38 bits per heavy atom. The van der Waals surface area contributed by atoms with Crippen molar-refractivity contribution in [3.05, 3.63) is 58.3 Å². The van der Waals surface area contributed by atoms with Gasteiger partial charge in [0.15, 0.2) is 0 Å². The van der Waals surface area contributed by atoms with Crippen LogP contribution in [-0.4, -0.2) is 21.8 Å². The van der Waals surface area contributed by atoms with Gasteiger partial charge in [-0.15, -0.1) is 11.8 Å². The molecule has 0 fully saturated rings. The van der Waals surface area contributed by atoms with Crippen molar-refractivity contribution in [2.24, 2.45) is 0 Å². The summed E-state index contributed by atoms with van der Waals surface area (Å²) in [6.07, 6.45) is 1.84. The molecule has 0 saturated carbocycles. The Bertz CT molecular complexity index is 622. The Labute approximate surface area is 135 Å². The van der Waals surface area contributed by atoms with Gasteiger partial charge < -0.3 is 10.8 Å². The summed E-state index contributed by atoms with van der Waals surface area (Å²) in [5.74, 6) is -0.299. The molecule has 2 aromatic rings. The molecule has 1 unspecified atom stereocenters. The topological polar surface area (TPSA) is 76.2 Å². The second-order valence-electron chi connectivity index (χ2n) is 4.42. The van der Waals surface area contributed by atoms with E-state index in [-0.39, 0.29) is 11.7 Å². The number of pyridine rings is 1. The number of nitrogens with two attached hydrogens (primary N) is 1. The highest BCUT2D eigenvalue weighted by molar-refractivity contribution is 9.10. The molecule has 1 aromatic heterocycles. The number of aromatic nitrogens is 1. The third-order valence-corrected chi connectivity index (χ3v) is 4.65. The van der Waals surface area contributed by atoms with Gasteiger partial charge in [-0.2, -0.15) is 0 Å². The number of benzene rings is 1. The SMILES string of the molecule is Nc1ccc(Br)cc1C(SCCC(=O)O)c1ccccn1. The van der Waals surface area contributed by atoms with E-state index in [0.29, 0.717) is 11.4 Å². The van der Waals surface area contributed by atoms with Crippen molar-refractivity contribution in [2.75, 3.05) is 11.5 Å². The Morgan fingerprint density at radius 3 is 2.86 bits per heavy atom. The second-order valence-corrected chi connectivity index (χ2v) is 6.55. The number of carboxylic acid groups (broad SMARTS) is 1. The van der Waals surface area contributed by atoms with Crippen molar-refractivity contribution in [2.45, 2.75) is 11.7 Å². The normalized spacial score (nSPS) is 12.0. The number of nitrogens with zero attached hydrogens (tertiary/aromatic N) is 1. The molecule has 0 aliphatic heterocycles. The summed E-state index contributed by atoms with van der Waals surface area (Å²) in [5, 5.41) is 8.72. The molecular formula is C15H15BrN2O2S. The first-order valence-electron chi connectivity index (χ1n) is 6.37. The number of hydrogen-bond acceptors (Lipinski definition) is 4. The lowest BCUT2D eigenvalue weighted by atomic mass is 10.1. The molecule has 0 radical (unpaired) electrons. The number of hydrogen-bond donors (Lipinski definition) is 2.